The summed E-state index contributed by atoms with van der Waals surface area (Å²) in [5.41, 5.74) is 3.50. The molecule has 2 aromatic carbocycles. The van der Waals surface area contributed by atoms with Crippen molar-refractivity contribution in [1.82, 2.24) is 0 Å². The van der Waals surface area contributed by atoms with Crippen molar-refractivity contribution in [3.63, 3.8) is 0 Å². The van der Waals surface area contributed by atoms with Gasteiger partial charge in [-0.3, -0.25) is 9.52 Å². The largest absolute Gasteiger partial charge is 0.325 e. The highest BCUT2D eigenvalue weighted by molar-refractivity contribution is 7.91. The highest BCUT2D eigenvalue weighted by atomic mass is 32.2. The van der Waals surface area contributed by atoms with Gasteiger partial charge in [0.1, 0.15) is 0 Å². The molecule has 0 unspecified atom stereocenters. The minimum atomic E-state index is -3.54. The Morgan fingerprint density at radius 2 is 1.81 bits per heavy atom. The second-order valence-corrected chi connectivity index (χ2v) is 9.37. The van der Waals surface area contributed by atoms with E-state index in [9.17, 15) is 13.2 Å². The van der Waals surface area contributed by atoms with E-state index in [2.05, 4.69) is 10.0 Å². The Kier molecular flexibility index (Phi) is 4.46. The summed E-state index contributed by atoms with van der Waals surface area (Å²) in [5.74, 6) is -0.0175. The zero-order valence-electron chi connectivity index (χ0n) is 15.4. The standard InChI is InChI=1S/C21H24N2O3S/c1-15-7-3-4-8-16(15)14-27(25,26)23-17-9-10-19-18(13-17)21(20(24)22-19)11-5-2-6-12-21/h3-4,7-10,13,23H,2,5-6,11-12,14H2,1H3,(H,22,24). The molecule has 0 atom stereocenters. The summed E-state index contributed by atoms with van der Waals surface area (Å²) in [6.45, 7) is 1.91. The van der Waals surface area contributed by atoms with Crippen LogP contribution in [0.15, 0.2) is 42.5 Å². The third kappa shape index (κ3) is 3.34. The van der Waals surface area contributed by atoms with Crippen LogP contribution in [0.5, 0.6) is 0 Å². The number of amides is 1. The molecule has 0 aromatic heterocycles. The van der Waals surface area contributed by atoms with Crippen LogP contribution < -0.4 is 10.0 Å². The van der Waals surface area contributed by atoms with Crippen molar-refractivity contribution in [3.8, 4) is 0 Å². The molecule has 6 heteroatoms. The molecule has 1 spiro atoms. The van der Waals surface area contributed by atoms with Gasteiger partial charge >= 0.3 is 0 Å². The summed E-state index contributed by atoms with van der Waals surface area (Å²) in [7, 11) is -3.54. The van der Waals surface area contributed by atoms with Crippen LogP contribution >= 0.6 is 0 Å². The maximum Gasteiger partial charge on any atom is 0.236 e. The van der Waals surface area contributed by atoms with Crippen molar-refractivity contribution >= 4 is 27.3 Å². The molecule has 1 saturated carbocycles. The van der Waals surface area contributed by atoms with E-state index in [0.717, 1.165) is 54.5 Å². The second kappa shape index (κ2) is 6.68. The number of hydrogen-bond donors (Lipinski definition) is 2. The molecule has 0 bridgehead atoms. The van der Waals surface area contributed by atoms with Gasteiger partial charge in [-0.1, -0.05) is 43.5 Å². The van der Waals surface area contributed by atoms with Gasteiger partial charge in [0.15, 0.2) is 0 Å². The van der Waals surface area contributed by atoms with E-state index in [1.54, 1.807) is 6.07 Å². The van der Waals surface area contributed by atoms with Gasteiger partial charge in [-0.25, -0.2) is 8.42 Å². The number of sulfonamides is 1. The molecule has 1 aliphatic carbocycles. The first-order valence-corrected chi connectivity index (χ1v) is 11.1. The second-order valence-electron chi connectivity index (χ2n) is 7.64. The van der Waals surface area contributed by atoms with Crippen molar-refractivity contribution < 1.29 is 13.2 Å². The van der Waals surface area contributed by atoms with Crippen molar-refractivity contribution in [2.45, 2.75) is 50.2 Å². The average Bonchev–Trinajstić information content (AvgIpc) is 2.89. The first-order valence-electron chi connectivity index (χ1n) is 9.41. The van der Waals surface area contributed by atoms with Gasteiger partial charge < -0.3 is 5.32 Å². The summed E-state index contributed by atoms with van der Waals surface area (Å²) in [6, 6.07) is 12.8. The van der Waals surface area contributed by atoms with Crippen LogP contribution in [0, 0.1) is 6.92 Å². The van der Waals surface area contributed by atoms with Gasteiger partial charge in [-0.05, 0) is 54.7 Å². The van der Waals surface area contributed by atoms with Gasteiger partial charge in [0.05, 0.1) is 11.2 Å². The average molecular weight is 385 g/mol. The Bertz CT molecular complexity index is 992. The molecule has 0 saturated heterocycles. The summed E-state index contributed by atoms with van der Waals surface area (Å²) < 4.78 is 28.0. The summed E-state index contributed by atoms with van der Waals surface area (Å²) in [5, 5.41) is 2.98. The maximum atomic E-state index is 12.7. The first-order chi connectivity index (χ1) is 12.9. The molecule has 2 N–H and O–H groups in total. The number of fused-ring (bicyclic) bond motifs is 2. The summed E-state index contributed by atoms with van der Waals surface area (Å²) in [4.78, 5) is 12.6. The van der Waals surface area contributed by atoms with Crippen molar-refractivity contribution in [1.29, 1.82) is 0 Å². The van der Waals surface area contributed by atoms with Crippen molar-refractivity contribution in [3.05, 3.63) is 59.2 Å². The zero-order valence-corrected chi connectivity index (χ0v) is 16.2. The number of rotatable bonds is 4. The monoisotopic (exact) mass is 384 g/mol. The number of carbonyl (C=O) groups excluding carboxylic acids is 1. The third-order valence-corrected chi connectivity index (χ3v) is 7.04. The lowest BCUT2D eigenvalue weighted by Gasteiger charge is -2.31. The van der Waals surface area contributed by atoms with Crippen molar-refractivity contribution in [2.75, 3.05) is 10.0 Å². The van der Waals surface area contributed by atoms with Crippen LogP contribution in [-0.2, 0) is 26.0 Å². The number of aryl methyl sites for hydroxylation is 1. The molecule has 1 amide bonds. The van der Waals surface area contributed by atoms with Crippen LogP contribution in [0.3, 0.4) is 0 Å². The van der Waals surface area contributed by atoms with Crippen LogP contribution in [-0.4, -0.2) is 14.3 Å². The van der Waals surface area contributed by atoms with Gasteiger partial charge in [0.25, 0.3) is 0 Å². The number of benzene rings is 2. The van der Waals surface area contributed by atoms with E-state index in [-0.39, 0.29) is 11.7 Å². The minimum Gasteiger partial charge on any atom is -0.325 e. The number of carbonyl (C=O) groups is 1. The maximum absolute atomic E-state index is 12.7. The predicted octanol–water partition coefficient (Wildman–Crippen LogP) is 4.09. The first kappa shape index (κ1) is 18.0. The molecule has 2 aliphatic rings. The van der Waals surface area contributed by atoms with E-state index in [1.807, 2.05) is 43.3 Å². The van der Waals surface area contributed by atoms with E-state index in [4.69, 9.17) is 0 Å². The smallest absolute Gasteiger partial charge is 0.236 e. The Hall–Kier alpha value is -2.34. The lowest BCUT2D eigenvalue weighted by molar-refractivity contribution is -0.121. The van der Waals surface area contributed by atoms with Crippen LogP contribution in [0.1, 0.15) is 48.8 Å². The molecule has 1 heterocycles. The fourth-order valence-corrected chi connectivity index (χ4v) is 5.61. The fraction of sp³-hybridized carbons (Fsp3) is 0.381. The molecule has 142 valence electrons. The van der Waals surface area contributed by atoms with Crippen molar-refractivity contribution in [2.24, 2.45) is 0 Å². The van der Waals surface area contributed by atoms with Gasteiger partial charge in [0, 0.05) is 11.4 Å². The summed E-state index contributed by atoms with van der Waals surface area (Å²) in [6.07, 6.45) is 4.84. The number of nitrogens with one attached hydrogen (secondary N) is 2. The lowest BCUT2D eigenvalue weighted by Crippen LogP contribution is -2.36. The Morgan fingerprint density at radius 3 is 2.56 bits per heavy atom. The van der Waals surface area contributed by atoms with E-state index >= 15 is 0 Å². The minimum absolute atomic E-state index is 0.0529. The normalized spacial score (nSPS) is 18.2. The van der Waals surface area contributed by atoms with Gasteiger partial charge in [-0.15, -0.1) is 0 Å². The molecule has 1 aliphatic heterocycles. The fourth-order valence-electron chi connectivity index (χ4n) is 4.32. The molecule has 0 radical (unpaired) electrons. The molecular formula is C21H24N2O3S. The predicted molar refractivity (Wildman–Crippen MR) is 107 cm³/mol. The zero-order chi connectivity index (χ0) is 19.1. The molecule has 27 heavy (non-hydrogen) atoms. The van der Waals surface area contributed by atoms with Gasteiger partial charge in [-0.2, -0.15) is 0 Å². The lowest BCUT2D eigenvalue weighted by atomic mass is 9.70. The Labute approximate surface area is 160 Å². The third-order valence-electron chi connectivity index (χ3n) is 5.81. The quantitative estimate of drug-likeness (QED) is 0.834. The highest BCUT2D eigenvalue weighted by Crippen LogP contribution is 2.48. The molecule has 4 rings (SSSR count). The Balaban J connectivity index is 1.61. The molecule has 1 fully saturated rings. The van der Waals surface area contributed by atoms with E-state index in [0.29, 0.717) is 5.69 Å². The summed E-state index contributed by atoms with van der Waals surface area (Å²) >= 11 is 0. The Morgan fingerprint density at radius 1 is 1.07 bits per heavy atom. The topological polar surface area (TPSA) is 75.3 Å². The number of anilines is 2. The highest BCUT2D eigenvalue weighted by Gasteiger charge is 2.47. The molecule has 2 aromatic rings. The molecule has 5 nitrogen and oxygen atoms in total. The van der Waals surface area contributed by atoms with Crippen LogP contribution in [0.4, 0.5) is 11.4 Å². The van der Waals surface area contributed by atoms with Gasteiger partial charge in [0.2, 0.25) is 15.9 Å². The van der Waals surface area contributed by atoms with Crippen LogP contribution in [0.25, 0.3) is 0 Å². The van der Waals surface area contributed by atoms with E-state index in [1.165, 1.54) is 0 Å². The van der Waals surface area contributed by atoms with E-state index < -0.39 is 15.4 Å². The van der Waals surface area contributed by atoms with Crippen LogP contribution in [0.2, 0.25) is 0 Å². The number of hydrogen-bond acceptors (Lipinski definition) is 3. The SMILES string of the molecule is Cc1ccccc1CS(=O)(=O)Nc1ccc2c(c1)C1(CCCCC1)C(=O)N2. The molecular weight excluding hydrogens is 360 g/mol.